The second-order valence-corrected chi connectivity index (χ2v) is 5.98. The molecule has 0 aromatic heterocycles. The first-order chi connectivity index (χ1) is 10.4. The summed E-state index contributed by atoms with van der Waals surface area (Å²) in [4.78, 5) is 23.9. The van der Waals surface area contributed by atoms with E-state index in [1.165, 1.54) is 0 Å². The van der Waals surface area contributed by atoms with Gasteiger partial charge in [-0.2, -0.15) is 13.2 Å². The van der Waals surface area contributed by atoms with E-state index in [1.54, 1.807) is 0 Å². The van der Waals surface area contributed by atoms with Gasteiger partial charge in [0.2, 0.25) is 5.91 Å². The van der Waals surface area contributed by atoms with Gasteiger partial charge in [-0.05, 0) is 38.1 Å². The summed E-state index contributed by atoms with van der Waals surface area (Å²) in [6.45, 7) is 1.50. The minimum absolute atomic E-state index is 0.0338. The Hall–Kier alpha value is -1.31. The minimum atomic E-state index is -4.80. The van der Waals surface area contributed by atoms with Gasteiger partial charge in [-0.25, -0.2) is 0 Å². The third-order valence-corrected chi connectivity index (χ3v) is 4.34. The molecule has 2 amide bonds. The van der Waals surface area contributed by atoms with Gasteiger partial charge in [-0.1, -0.05) is 6.42 Å². The van der Waals surface area contributed by atoms with Crippen molar-refractivity contribution in [2.75, 3.05) is 26.2 Å². The van der Waals surface area contributed by atoms with Crippen molar-refractivity contribution in [1.29, 1.82) is 0 Å². The highest BCUT2D eigenvalue weighted by atomic mass is 19.4. The number of hydrogen-bond acceptors (Lipinski definition) is 3. The Morgan fingerprint density at radius 1 is 1.14 bits per heavy atom. The van der Waals surface area contributed by atoms with Gasteiger partial charge in [-0.15, -0.1) is 0 Å². The van der Waals surface area contributed by atoms with Crippen LogP contribution in [0.4, 0.5) is 13.2 Å². The van der Waals surface area contributed by atoms with E-state index in [0.29, 0.717) is 19.4 Å². The highest BCUT2D eigenvalue weighted by Gasteiger charge is 2.43. The lowest BCUT2D eigenvalue weighted by Crippen LogP contribution is -2.49. The SMILES string of the molecule is O=C(NCC1CCN(C(=O)C(F)(F)F)CC1)C1CCCCN1. The summed E-state index contributed by atoms with van der Waals surface area (Å²) in [5.74, 6) is -1.67. The van der Waals surface area contributed by atoms with Crippen LogP contribution in [0, 0.1) is 5.92 Å². The molecular weight excluding hydrogens is 299 g/mol. The maximum Gasteiger partial charge on any atom is 0.471 e. The quantitative estimate of drug-likeness (QED) is 0.817. The van der Waals surface area contributed by atoms with Gasteiger partial charge >= 0.3 is 12.1 Å². The molecule has 0 radical (unpaired) electrons. The van der Waals surface area contributed by atoms with Crippen LogP contribution in [0.5, 0.6) is 0 Å². The predicted molar refractivity (Wildman–Crippen MR) is 74.0 cm³/mol. The van der Waals surface area contributed by atoms with Crippen LogP contribution < -0.4 is 10.6 Å². The van der Waals surface area contributed by atoms with Crippen molar-refractivity contribution in [2.24, 2.45) is 5.92 Å². The Kier molecular flexibility index (Phi) is 5.66. The van der Waals surface area contributed by atoms with Crippen LogP contribution >= 0.6 is 0 Å². The van der Waals surface area contributed by atoms with Crippen LogP contribution in [-0.4, -0.2) is 55.1 Å². The summed E-state index contributed by atoms with van der Waals surface area (Å²) in [5, 5.41) is 6.02. The molecule has 1 unspecified atom stereocenters. The molecule has 22 heavy (non-hydrogen) atoms. The first-order valence-electron chi connectivity index (χ1n) is 7.75. The number of carbonyl (C=O) groups is 2. The van der Waals surface area contributed by atoms with E-state index in [2.05, 4.69) is 10.6 Å². The average molecular weight is 321 g/mol. The summed E-state index contributed by atoms with van der Waals surface area (Å²) in [6.07, 6.45) is -0.892. The van der Waals surface area contributed by atoms with Crippen molar-refractivity contribution < 1.29 is 22.8 Å². The van der Waals surface area contributed by atoms with Crippen LogP contribution in [0.15, 0.2) is 0 Å². The normalized spacial score (nSPS) is 24.1. The summed E-state index contributed by atoms with van der Waals surface area (Å²) < 4.78 is 37.0. The molecule has 2 N–H and O–H groups in total. The van der Waals surface area contributed by atoms with Gasteiger partial charge in [-0.3, -0.25) is 9.59 Å². The van der Waals surface area contributed by atoms with Gasteiger partial charge in [0.1, 0.15) is 0 Å². The third kappa shape index (κ3) is 4.59. The van der Waals surface area contributed by atoms with E-state index in [-0.39, 0.29) is 31.0 Å². The molecule has 2 rings (SSSR count). The standard InChI is InChI=1S/C14H22F3N3O2/c15-14(16,17)13(22)20-7-4-10(5-8-20)9-19-12(21)11-3-1-2-6-18-11/h10-11,18H,1-9H2,(H,19,21). The van der Waals surface area contributed by atoms with E-state index < -0.39 is 12.1 Å². The van der Waals surface area contributed by atoms with E-state index in [4.69, 9.17) is 0 Å². The van der Waals surface area contributed by atoms with Gasteiger partial charge in [0, 0.05) is 19.6 Å². The summed E-state index contributed by atoms with van der Waals surface area (Å²) >= 11 is 0. The third-order valence-electron chi connectivity index (χ3n) is 4.34. The molecule has 2 saturated heterocycles. The molecule has 2 heterocycles. The van der Waals surface area contributed by atoms with Crippen molar-refractivity contribution in [2.45, 2.75) is 44.3 Å². The van der Waals surface area contributed by atoms with Crippen LogP contribution in [-0.2, 0) is 9.59 Å². The van der Waals surface area contributed by atoms with Crippen molar-refractivity contribution in [3.05, 3.63) is 0 Å². The maximum atomic E-state index is 12.3. The second-order valence-electron chi connectivity index (χ2n) is 5.98. The average Bonchev–Trinajstić information content (AvgIpc) is 2.52. The van der Waals surface area contributed by atoms with Crippen molar-refractivity contribution >= 4 is 11.8 Å². The highest BCUT2D eigenvalue weighted by Crippen LogP contribution is 2.23. The summed E-state index contributed by atoms with van der Waals surface area (Å²) in [6, 6.07) is -0.152. The van der Waals surface area contributed by atoms with Gasteiger partial charge in [0.05, 0.1) is 6.04 Å². The molecule has 2 aliphatic rings. The Morgan fingerprint density at radius 3 is 2.36 bits per heavy atom. The Morgan fingerprint density at radius 2 is 1.82 bits per heavy atom. The Bertz CT molecular complexity index is 401. The van der Waals surface area contributed by atoms with Crippen molar-refractivity contribution in [3.8, 4) is 0 Å². The lowest BCUT2D eigenvalue weighted by molar-refractivity contribution is -0.186. The zero-order chi connectivity index (χ0) is 16.2. The number of nitrogens with zero attached hydrogens (tertiary/aromatic N) is 1. The van der Waals surface area contributed by atoms with Crippen molar-refractivity contribution in [1.82, 2.24) is 15.5 Å². The molecule has 1 atom stereocenters. The lowest BCUT2D eigenvalue weighted by atomic mass is 9.96. The number of hydrogen-bond donors (Lipinski definition) is 2. The molecule has 2 fully saturated rings. The fourth-order valence-corrected chi connectivity index (χ4v) is 2.96. The van der Waals surface area contributed by atoms with Gasteiger partial charge in [0.25, 0.3) is 0 Å². The summed E-state index contributed by atoms with van der Waals surface area (Å²) in [7, 11) is 0. The number of amides is 2. The van der Waals surface area contributed by atoms with Gasteiger partial charge in [0.15, 0.2) is 0 Å². The molecule has 0 saturated carbocycles. The zero-order valence-electron chi connectivity index (χ0n) is 12.4. The molecule has 126 valence electrons. The predicted octanol–water partition coefficient (Wildman–Crippen LogP) is 1.05. The second kappa shape index (κ2) is 7.30. The molecule has 0 aromatic carbocycles. The minimum Gasteiger partial charge on any atom is -0.354 e. The monoisotopic (exact) mass is 321 g/mol. The van der Waals surface area contributed by atoms with E-state index >= 15 is 0 Å². The first kappa shape index (κ1) is 17.1. The van der Waals surface area contributed by atoms with Crippen LogP contribution in [0.1, 0.15) is 32.1 Å². The number of piperidine rings is 2. The molecule has 0 aromatic rings. The highest BCUT2D eigenvalue weighted by molar-refractivity contribution is 5.82. The molecule has 0 spiro atoms. The number of nitrogens with one attached hydrogen (secondary N) is 2. The van der Waals surface area contributed by atoms with Crippen LogP contribution in [0.2, 0.25) is 0 Å². The van der Waals surface area contributed by atoms with Crippen LogP contribution in [0.25, 0.3) is 0 Å². The first-order valence-corrected chi connectivity index (χ1v) is 7.75. The maximum absolute atomic E-state index is 12.3. The molecule has 0 aliphatic carbocycles. The van der Waals surface area contributed by atoms with Crippen LogP contribution in [0.3, 0.4) is 0 Å². The molecule has 2 aliphatic heterocycles. The number of rotatable bonds is 3. The fraction of sp³-hybridized carbons (Fsp3) is 0.857. The largest absolute Gasteiger partial charge is 0.471 e. The Labute approximate surface area is 127 Å². The van der Waals surface area contributed by atoms with E-state index in [1.807, 2.05) is 0 Å². The topological polar surface area (TPSA) is 61.4 Å². The fourth-order valence-electron chi connectivity index (χ4n) is 2.96. The molecule has 8 heteroatoms. The summed E-state index contributed by atoms with van der Waals surface area (Å²) in [5.41, 5.74) is 0. The lowest BCUT2D eigenvalue weighted by Gasteiger charge is -2.32. The smallest absolute Gasteiger partial charge is 0.354 e. The number of likely N-dealkylation sites (tertiary alicyclic amines) is 1. The van der Waals surface area contributed by atoms with Crippen molar-refractivity contribution in [3.63, 3.8) is 0 Å². The molecular formula is C14H22F3N3O2. The Balaban J connectivity index is 1.69. The molecule has 5 nitrogen and oxygen atoms in total. The molecule has 0 bridgehead atoms. The van der Waals surface area contributed by atoms with E-state index in [0.717, 1.165) is 30.7 Å². The number of alkyl halides is 3. The van der Waals surface area contributed by atoms with Gasteiger partial charge < -0.3 is 15.5 Å². The number of carbonyl (C=O) groups excluding carboxylic acids is 2. The van der Waals surface area contributed by atoms with E-state index in [9.17, 15) is 22.8 Å². The zero-order valence-corrected chi connectivity index (χ0v) is 12.4. The number of halogens is 3.